The van der Waals surface area contributed by atoms with Gasteiger partial charge in [-0.05, 0) is 59.2 Å². The highest BCUT2D eigenvalue weighted by molar-refractivity contribution is 6.33. The Morgan fingerprint density at radius 1 is 1.07 bits per heavy atom. The van der Waals surface area contributed by atoms with Gasteiger partial charge in [-0.1, -0.05) is 41.4 Å². The van der Waals surface area contributed by atoms with Crippen LogP contribution in [0.3, 0.4) is 0 Å². The van der Waals surface area contributed by atoms with Gasteiger partial charge in [0.1, 0.15) is 11.5 Å². The van der Waals surface area contributed by atoms with E-state index in [0.29, 0.717) is 22.2 Å². The number of halogens is 2. The van der Waals surface area contributed by atoms with Crippen molar-refractivity contribution in [2.75, 3.05) is 6.61 Å². The lowest BCUT2D eigenvalue weighted by molar-refractivity contribution is 0.0940. The first-order chi connectivity index (χ1) is 13.5. The van der Waals surface area contributed by atoms with Gasteiger partial charge in [-0.2, -0.15) is 0 Å². The van der Waals surface area contributed by atoms with Gasteiger partial charge in [0, 0.05) is 16.5 Å². The predicted molar refractivity (Wildman–Crippen MR) is 110 cm³/mol. The summed E-state index contributed by atoms with van der Waals surface area (Å²) in [6.45, 7) is 0.644. The number of amides is 1. The second-order valence-corrected chi connectivity index (χ2v) is 7.40. The van der Waals surface area contributed by atoms with Crippen molar-refractivity contribution in [3.8, 4) is 11.5 Å². The lowest BCUT2D eigenvalue weighted by atomic mass is 9.95. The molecule has 0 radical (unpaired) electrons. The second-order valence-electron chi connectivity index (χ2n) is 6.56. The first kappa shape index (κ1) is 18.7. The number of ether oxygens (including phenoxy) is 1. The van der Waals surface area contributed by atoms with Gasteiger partial charge in [-0.3, -0.25) is 4.79 Å². The van der Waals surface area contributed by atoms with Crippen molar-refractivity contribution in [1.82, 2.24) is 5.32 Å². The van der Waals surface area contributed by atoms with Crippen molar-refractivity contribution in [2.24, 2.45) is 0 Å². The van der Waals surface area contributed by atoms with Crippen LogP contribution in [0.25, 0.3) is 0 Å². The number of fused-ring (bicyclic) bond motifs is 1. The van der Waals surface area contributed by atoms with Crippen molar-refractivity contribution in [2.45, 2.75) is 12.5 Å². The molecular weight excluding hydrogens is 397 g/mol. The van der Waals surface area contributed by atoms with Crippen LogP contribution in [0.4, 0.5) is 0 Å². The molecule has 1 atom stereocenters. The number of carbonyl (C=O) groups is 1. The van der Waals surface area contributed by atoms with Crippen molar-refractivity contribution in [3.05, 3.63) is 93.0 Å². The molecule has 4 nitrogen and oxygen atoms in total. The fraction of sp³-hybridized carbons (Fsp3) is 0.136. The molecule has 142 valence electrons. The highest BCUT2D eigenvalue weighted by Crippen LogP contribution is 2.35. The van der Waals surface area contributed by atoms with Crippen molar-refractivity contribution in [3.63, 3.8) is 0 Å². The molecule has 0 aromatic heterocycles. The highest BCUT2D eigenvalue weighted by atomic mass is 35.5. The molecule has 1 aliphatic rings. The highest BCUT2D eigenvalue weighted by Gasteiger charge is 2.24. The van der Waals surface area contributed by atoms with Crippen molar-refractivity contribution in [1.29, 1.82) is 0 Å². The van der Waals surface area contributed by atoms with Crippen LogP contribution in [0, 0.1) is 0 Å². The van der Waals surface area contributed by atoms with Gasteiger partial charge in [-0.15, -0.1) is 0 Å². The van der Waals surface area contributed by atoms with E-state index in [1.54, 1.807) is 36.4 Å². The zero-order valence-corrected chi connectivity index (χ0v) is 16.3. The molecule has 3 aromatic carbocycles. The summed E-state index contributed by atoms with van der Waals surface area (Å²) in [5, 5.41) is 14.0. The molecule has 0 bridgehead atoms. The van der Waals surface area contributed by atoms with Crippen LogP contribution < -0.4 is 10.1 Å². The zero-order valence-electron chi connectivity index (χ0n) is 14.8. The minimum Gasteiger partial charge on any atom is -0.507 e. The molecule has 0 fully saturated rings. The number of para-hydroxylation sites is 1. The maximum absolute atomic E-state index is 12.9. The van der Waals surface area contributed by atoms with E-state index in [0.717, 1.165) is 23.3 Å². The van der Waals surface area contributed by atoms with Gasteiger partial charge >= 0.3 is 0 Å². The molecule has 1 unspecified atom stereocenters. The van der Waals surface area contributed by atoms with E-state index >= 15 is 0 Å². The monoisotopic (exact) mass is 413 g/mol. The van der Waals surface area contributed by atoms with Crippen LogP contribution in [-0.2, 0) is 6.42 Å². The molecule has 0 saturated heterocycles. The Balaban J connectivity index is 1.77. The van der Waals surface area contributed by atoms with E-state index in [4.69, 9.17) is 27.9 Å². The number of phenolic OH excluding ortho intramolecular Hbond substituents is 1. The Morgan fingerprint density at radius 3 is 2.71 bits per heavy atom. The summed E-state index contributed by atoms with van der Waals surface area (Å²) < 4.78 is 5.58. The van der Waals surface area contributed by atoms with E-state index < -0.39 is 11.9 Å². The van der Waals surface area contributed by atoms with Gasteiger partial charge in [0.2, 0.25) is 0 Å². The maximum Gasteiger partial charge on any atom is 0.255 e. The Hall–Kier alpha value is -2.69. The Kier molecular flexibility index (Phi) is 5.16. The number of hydrogen-bond donors (Lipinski definition) is 2. The van der Waals surface area contributed by atoms with Gasteiger partial charge in [0.15, 0.2) is 0 Å². The average Bonchev–Trinajstić information content (AvgIpc) is 3.16. The van der Waals surface area contributed by atoms with Crippen LogP contribution in [0.2, 0.25) is 10.0 Å². The molecule has 1 heterocycles. The molecule has 6 heteroatoms. The third-order valence-electron chi connectivity index (χ3n) is 4.74. The Bertz CT molecular complexity index is 1050. The summed E-state index contributed by atoms with van der Waals surface area (Å²) in [4.78, 5) is 12.9. The van der Waals surface area contributed by atoms with E-state index in [2.05, 4.69) is 5.32 Å². The lowest BCUT2D eigenvalue weighted by Crippen LogP contribution is -2.29. The molecule has 4 rings (SSSR count). The van der Waals surface area contributed by atoms with E-state index in [-0.39, 0.29) is 11.3 Å². The largest absolute Gasteiger partial charge is 0.507 e. The molecule has 2 N–H and O–H groups in total. The molecule has 0 spiro atoms. The lowest BCUT2D eigenvalue weighted by Gasteiger charge is -2.22. The van der Waals surface area contributed by atoms with Crippen LogP contribution in [-0.4, -0.2) is 17.6 Å². The molecule has 3 aromatic rings. The number of aromatic hydroxyl groups is 1. The minimum absolute atomic E-state index is 0.0849. The van der Waals surface area contributed by atoms with Gasteiger partial charge in [0.05, 0.1) is 18.2 Å². The van der Waals surface area contributed by atoms with Crippen LogP contribution in [0.15, 0.2) is 60.7 Å². The van der Waals surface area contributed by atoms with Crippen LogP contribution in [0.1, 0.15) is 33.1 Å². The number of carbonyl (C=O) groups excluding carboxylic acids is 1. The summed E-state index contributed by atoms with van der Waals surface area (Å²) in [6, 6.07) is 16.8. The normalized spacial score (nSPS) is 13.5. The average molecular weight is 414 g/mol. The third-order valence-corrected chi connectivity index (χ3v) is 5.32. The van der Waals surface area contributed by atoms with E-state index in [9.17, 15) is 9.90 Å². The zero-order chi connectivity index (χ0) is 19.7. The van der Waals surface area contributed by atoms with Gasteiger partial charge in [-0.25, -0.2) is 0 Å². The summed E-state index contributed by atoms with van der Waals surface area (Å²) in [7, 11) is 0. The summed E-state index contributed by atoms with van der Waals surface area (Å²) in [5.74, 6) is 0.362. The number of benzene rings is 3. The number of hydrogen-bond acceptors (Lipinski definition) is 3. The standard InChI is InChI=1S/C22H17Cl2NO3/c23-15-6-7-18(24)17(12-15)21(14-5-8-20-13(11-14)9-10-28-20)25-22(27)16-3-1-2-4-19(16)26/h1-8,11-12,21,26H,9-10H2,(H,25,27). The van der Waals surface area contributed by atoms with E-state index in [1.807, 2.05) is 18.2 Å². The molecule has 28 heavy (non-hydrogen) atoms. The minimum atomic E-state index is -0.538. The smallest absolute Gasteiger partial charge is 0.255 e. The maximum atomic E-state index is 12.9. The molecular formula is C22H17Cl2NO3. The van der Waals surface area contributed by atoms with Crippen molar-refractivity contribution < 1.29 is 14.6 Å². The first-order valence-electron chi connectivity index (χ1n) is 8.82. The van der Waals surface area contributed by atoms with Crippen molar-refractivity contribution >= 4 is 29.1 Å². The molecule has 0 saturated carbocycles. The van der Waals surface area contributed by atoms with Gasteiger partial charge in [0.25, 0.3) is 5.91 Å². The second kappa shape index (κ2) is 7.74. The SMILES string of the molecule is O=C(NC(c1ccc2c(c1)CCO2)c1cc(Cl)ccc1Cl)c1ccccc1O. The summed E-state index contributed by atoms with van der Waals surface area (Å²) in [5.41, 5.74) is 2.81. The topological polar surface area (TPSA) is 58.6 Å². The third kappa shape index (κ3) is 3.66. The van der Waals surface area contributed by atoms with E-state index in [1.165, 1.54) is 6.07 Å². The van der Waals surface area contributed by atoms with Gasteiger partial charge < -0.3 is 15.2 Å². The Labute approximate surface area is 172 Å². The first-order valence-corrected chi connectivity index (χ1v) is 9.58. The molecule has 1 aliphatic heterocycles. The number of rotatable bonds is 4. The number of nitrogens with one attached hydrogen (secondary N) is 1. The predicted octanol–water partition coefficient (Wildman–Crippen LogP) is 5.15. The van der Waals surface area contributed by atoms with Crippen LogP contribution >= 0.6 is 23.2 Å². The summed E-state index contributed by atoms with van der Waals surface area (Å²) in [6.07, 6.45) is 0.812. The van der Waals surface area contributed by atoms with Crippen LogP contribution in [0.5, 0.6) is 11.5 Å². The fourth-order valence-corrected chi connectivity index (χ4v) is 3.74. The number of phenols is 1. The molecule has 1 amide bonds. The quantitative estimate of drug-likeness (QED) is 0.621. The molecule has 0 aliphatic carbocycles. The Morgan fingerprint density at radius 2 is 1.89 bits per heavy atom. The summed E-state index contributed by atoms with van der Waals surface area (Å²) >= 11 is 12.6. The fourth-order valence-electron chi connectivity index (χ4n) is 3.34.